The van der Waals surface area contributed by atoms with Crippen LogP contribution in [0.1, 0.15) is 27.2 Å². The average molecular weight is 303 g/mol. The van der Waals surface area contributed by atoms with Gasteiger partial charge in [0.15, 0.2) is 0 Å². The molecule has 2 aromatic rings. The number of hydrogen-bond acceptors (Lipinski definition) is 3. The van der Waals surface area contributed by atoms with Gasteiger partial charge in [-0.25, -0.2) is 4.39 Å². The normalized spacial score (nSPS) is 9.86. The highest BCUT2D eigenvalue weighted by atomic mass is 32.1. The fourth-order valence-corrected chi connectivity index (χ4v) is 2.49. The minimum Gasteiger partial charge on any atom is -0.395 e. The van der Waals surface area contributed by atoms with Gasteiger partial charge in [0, 0.05) is 17.5 Å². The Kier molecular flexibility index (Phi) is 5.09. The number of aryl methyl sites for hydroxylation is 1. The van der Waals surface area contributed by atoms with Crippen LogP contribution in [-0.2, 0) is 0 Å². The lowest BCUT2D eigenvalue weighted by atomic mass is 10.2. The number of carbonyl (C=O) groups is 1. The monoisotopic (exact) mass is 303 g/mol. The molecule has 0 fully saturated rings. The Labute approximate surface area is 126 Å². The molecule has 2 rings (SSSR count). The van der Waals surface area contributed by atoms with Gasteiger partial charge in [-0.05, 0) is 36.8 Å². The van der Waals surface area contributed by atoms with Crippen molar-refractivity contribution >= 4 is 22.9 Å². The maximum Gasteiger partial charge on any atom is 0.256 e. The number of aliphatic hydroxyl groups is 1. The van der Waals surface area contributed by atoms with Gasteiger partial charge in [0.2, 0.25) is 0 Å². The molecule has 0 bridgehead atoms. The zero-order chi connectivity index (χ0) is 15.2. The Hall–Kier alpha value is -2.16. The van der Waals surface area contributed by atoms with E-state index in [1.165, 1.54) is 23.5 Å². The molecular formula is C16H14FNO2S. The van der Waals surface area contributed by atoms with Crippen LogP contribution in [0.25, 0.3) is 0 Å². The Morgan fingerprint density at radius 2 is 2.19 bits per heavy atom. The van der Waals surface area contributed by atoms with Crippen molar-refractivity contribution in [1.29, 1.82) is 0 Å². The van der Waals surface area contributed by atoms with E-state index in [0.29, 0.717) is 17.7 Å². The van der Waals surface area contributed by atoms with Gasteiger partial charge in [-0.2, -0.15) is 0 Å². The third-order valence-corrected chi connectivity index (χ3v) is 3.46. The van der Waals surface area contributed by atoms with Crippen LogP contribution in [0.3, 0.4) is 0 Å². The minimum atomic E-state index is -0.383. The van der Waals surface area contributed by atoms with Gasteiger partial charge in [0.25, 0.3) is 5.91 Å². The van der Waals surface area contributed by atoms with E-state index in [-0.39, 0.29) is 18.3 Å². The molecule has 0 saturated heterocycles. The second-order valence-electron chi connectivity index (χ2n) is 4.45. The standard InChI is InChI=1S/C16H14FNO2S/c1-11-6-13(17)9-14(7-11)18-16(20)12-8-15(21-10-12)4-2-3-5-19/h6-10,19H,3,5H2,1H3,(H,18,20). The predicted molar refractivity (Wildman–Crippen MR) is 82.0 cm³/mol. The number of hydrogen-bond donors (Lipinski definition) is 2. The van der Waals surface area contributed by atoms with E-state index >= 15 is 0 Å². The van der Waals surface area contributed by atoms with Crippen LogP contribution >= 0.6 is 11.3 Å². The highest BCUT2D eigenvalue weighted by molar-refractivity contribution is 7.10. The lowest BCUT2D eigenvalue weighted by molar-refractivity contribution is 0.102. The number of thiophene rings is 1. The quantitative estimate of drug-likeness (QED) is 0.856. The average Bonchev–Trinajstić information content (AvgIpc) is 2.86. The molecule has 21 heavy (non-hydrogen) atoms. The molecule has 0 unspecified atom stereocenters. The van der Waals surface area contributed by atoms with Crippen molar-refractivity contribution < 1.29 is 14.3 Å². The Balaban J connectivity index is 2.09. The second kappa shape index (κ2) is 7.02. The maximum absolute atomic E-state index is 13.3. The van der Waals surface area contributed by atoms with Gasteiger partial charge in [-0.3, -0.25) is 4.79 Å². The lowest BCUT2D eigenvalue weighted by Crippen LogP contribution is -2.11. The summed E-state index contributed by atoms with van der Waals surface area (Å²) in [7, 11) is 0. The SMILES string of the molecule is Cc1cc(F)cc(NC(=O)c2csc(C#CCCO)c2)c1. The van der Waals surface area contributed by atoms with E-state index in [0.717, 1.165) is 10.4 Å². The van der Waals surface area contributed by atoms with Gasteiger partial charge in [-0.1, -0.05) is 11.8 Å². The Bertz CT molecular complexity index is 692. The molecule has 0 atom stereocenters. The number of amides is 1. The lowest BCUT2D eigenvalue weighted by Gasteiger charge is -2.05. The molecule has 3 nitrogen and oxygen atoms in total. The van der Waals surface area contributed by atoms with Gasteiger partial charge < -0.3 is 10.4 Å². The van der Waals surface area contributed by atoms with Crippen LogP contribution in [0.5, 0.6) is 0 Å². The van der Waals surface area contributed by atoms with Crippen LogP contribution < -0.4 is 5.32 Å². The van der Waals surface area contributed by atoms with Crippen molar-refractivity contribution in [2.24, 2.45) is 0 Å². The van der Waals surface area contributed by atoms with Crippen LogP contribution in [0.4, 0.5) is 10.1 Å². The third-order valence-electron chi connectivity index (χ3n) is 2.61. The molecule has 2 N–H and O–H groups in total. The van der Waals surface area contributed by atoms with Crippen molar-refractivity contribution in [1.82, 2.24) is 0 Å². The molecule has 0 aliphatic heterocycles. The fraction of sp³-hybridized carbons (Fsp3) is 0.188. The van der Waals surface area contributed by atoms with E-state index in [1.54, 1.807) is 24.4 Å². The second-order valence-corrected chi connectivity index (χ2v) is 5.36. The van der Waals surface area contributed by atoms with Gasteiger partial charge in [0.1, 0.15) is 5.82 Å². The molecule has 1 heterocycles. The molecule has 1 aromatic heterocycles. The topological polar surface area (TPSA) is 49.3 Å². The first kappa shape index (κ1) is 15.2. The zero-order valence-corrected chi connectivity index (χ0v) is 12.3. The molecule has 0 spiro atoms. The fourth-order valence-electron chi connectivity index (χ4n) is 1.74. The van der Waals surface area contributed by atoms with Crippen molar-refractivity contribution in [2.45, 2.75) is 13.3 Å². The third kappa shape index (κ3) is 4.42. The van der Waals surface area contributed by atoms with E-state index in [4.69, 9.17) is 5.11 Å². The molecule has 0 radical (unpaired) electrons. The highest BCUT2D eigenvalue weighted by Gasteiger charge is 2.09. The van der Waals surface area contributed by atoms with Crippen LogP contribution in [0, 0.1) is 24.6 Å². The number of benzene rings is 1. The zero-order valence-electron chi connectivity index (χ0n) is 11.4. The first-order valence-corrected chi connectivity index (χ1v) is 7.23. The number of carbonyl (C=O) groups excluding carboxylic acids is 1. The van der Waals surface area contributed by atoms with Crippen LogP contribution in [0.2, 0.25) is 0 Å². The molecule has 0 aliphatic carbocycles. The van der Waals surface area contributed by atoms with E-state index in [1.807, 2.05) is 0 Å². The van der Waals surface area contributed by atoms with Crippen LogP contribution in [-0.4, -0.2) is 17.6 Å². The number of aliphatic hydroxyl groups excluding tert-OH is 1. The first-order chi connectivity index (χ1) is 10.1. The summed E-state index contributed by atoms with van der Waals surface area (Å²) in [5.74, 6) is 4.99. The molecule has 0 aliphatic rings. The number of halogens is 1. The minimum absolute atomic E-state index is 0.0185. The van der Waals surface area contributed by atoms with E-state index in [9.17, 15) is 9.18 Å². The highest BCUT2D eigenvalue weighted by Crippen LogP contribution is 2.17. The summed E-state index contributed by atoms with van der Waals surface area (Å²) in [4.78, 5) is 12.8. The predicted octanol–water partition coefficient (Wildman–Crippen LogP) is 3.18. The summed E-state index contributed by atoms with van der Waals surface area (Å²) in [6, 6.07) is 6.06. The number of nitrogens with one attached hydrogen (secondary N) is 1. The molecule has 0 saturated carbocycles. The molecule has 5 heteroatoms. The van der Waals surface area contributed by atoms with Crippen molar-refractivity contribution in [3.8, 4) is 11.8 Å². The van der Waals surface area contributed by atoms with E-state index in [2.05, 4.69) is 17.2 Å². The summed E-state index contributed by atoms with van der Waals surface area (Å²) < 4.78 is 13.3. The number of anilines is 1. The van der Waals surface area contributed by atoms with E-state index < -0.39 is 0 Å². The summed E-state index contributed by atoms with van der Waals surface area (Å²) in [5, 5.41) is 13.0. The van der Waals surface area contributed by atoms with Gasteiger partial charge >= 0.3 is 0 Å². The molecule has 1 amide bonds. The smallest absolute Gasteiger partial charge is 0.256 e. The first-order valence-electron chi connectivity index (χ1n) is 6.35. The summed E-state index contributed by atoms with van der Waals surface area (Å²) >= 11 is 1.36. The number of rotatable bonds is 3. The van der Waals surface area contributed by atoms with Crippen molar-refractivity contribution in [3.63, 3.8) is 0 Å². The van der Waals surface area contributed by atoms with Gasteiger partial charge in [0.05, 0.1) is 17.0 Å². The Morgan fingerprint density at radius 3 is 2.90 bits per heavy atom. The Morgan fingerprint density at radius 1 is 1.38 bits per heavy atom. The van der Waals surface area contributed by atoms with Crippen molar-refractivity contribution in [3.05, 3.63) is 51.5 Å². The van der Waals surface area contributed by atoms with Crippen LogP contribution in [0.15, 0.2) is 29.6 Å². The summed E-state index contributed by atoms with van der Waals surface area (Å²) in [6.45, 7) is 1.78. The van der Waals surface area contributed by atoms with Gasteiger partial charge in [-0.15, -0.1) is 11.3 Å². The molecule has 1 aromatic carbocycles. The largest absolute Gasteiger partial charge is 0.395 e. The summed E-state index contributed by atoms with van der Waals surface area (Å²) in [6.07, 6.45) is 0.405. The summed E-state index contributed by atoms with van der Waals surface area (Å²) in [5.41, 5.74) is 1.65. The molecular weight excluding hydrogens is 289 g/mol. The van der Waals surface area contributed by atoms with Crippen molar-refractivity contribution in [2.75, 3.05) is 11.9 Å². The molecule has 108 valence electrons. The maximum atomic E-state index is 13.3.